The van der Waals surface area contributed by atoms with E-state index in [1.54, 1.807) is 0 Å². The third-order valence-corrected chi connectivity index (χ3v) is 3.93. The molecule has 0 bridgehead atoms. The van der Waals surface area contributed by atoms with E-state index in [9.17, 15) is 18.0 Å². The van der Waals surface area contributed by atoms with Gasteiger partial charge in [-0.3, -0.25) is 4.79 Å². The zero-order valence-electron chi connectivity index (χ0n) is 12.8. The van der Waals surface area contributed by atoms with Crippen LogP contribution in [0.15, 0.2) is 12.1 Å². The highest BCUT2D eigenvalue weighted by Gasteiger charge is 2.18. The van der Waals surface area contributed by atoms with Crippen LogP contribution in [0.25, 0.3) is 0 Å². The third kappa shape index (κ3) is 6.03. The Morgan fingerprint density at radius 1 is 1.00 bits per heavy atom. The Balaban J connectivity index is 0.00000264. The molecule has 2 N–H and O–H groups in total. The van der Waals surface area contributed by atoms with Gasteiger partial charge < -0.3 is 10.6 Å². The first-order chi connectivity index (χ1) is 10.6. The summed E-state index contributed by atoms with van der Waals surface area (Å²) in [5.74, 6) is -4.28. The Bertz CT molecular complexity index is 497. The fraction of sp³-hybridized carbons (Fsp3) is 0.562. The predicted molar refractivity (Wildman–Crippen MR) is 85.4 cm³/mol. The molecule has 23 heavy (non-hydrogen) atoms. The Hall–Kier alpha value is -1.27. The summed E-state index contributed by atoms with van der Waals surface area (Å²) in [5, 5.41) is 5.80. The minimum absolute atomic E-state index is 0. The van der Waals surface area contributed by atoms with Crippen molar-refractivity contribution < 1.29 is 18.0 Å². The smallest absolute Gasteiger partial charge is 0.257 e. The molecule has 1 aliphatic rings. The van der Waals surface area contributed by atoms with Gasteiger partial charge in [-0.25, -0.2) is 13.2 Å². The normalized spacial score (nSPS) is 15.6. The van der Waals surface area contributed by atoms with E-state index < -0.39 is 28.9 Å². The molecule has 0 radical (unpaired) electrons. The molecular weight excluding hydrogens is 329 g/mol. The van der Waals surface area contributed by atoms with Crippen LogP contribution in [0.5, 0.6) is 0 Å². The number of hydrogen-bond donors (Lipinski definition) is 2. The molecule has 1 saturated carbocycles. The van der Waals surface area contributed by atoms with Crippen molar-refractivity contribution in [3.05, 3.63) is 35.1 Å². The molecule has 7 heteroatoms. The van der Waals surface area contributed by atoms with E-state index in [0.717, 1.165) is 12.8 Å². The largest absolute Gasteiger partial charge is 0.351 e. The van der Waals surface area contributed by atoms with Gasteiger partial charge in [0.05, 0.1) is 0 Å². The maximum Gasteiger partial charge on any atom is 0.257 e. The second-order valence-corrected chi connectivity index (χ2v) is 5.64. The van der Waals surface area contributed by atoms with Gasteiger partial charge in [0, 0.05) is 31.3 Å². The van der Waals surface area contributed by atoms with Crippen LogP contribution in [0, 0.1) is 17.5 Å². The number of carbonyl (C=O) groups is 1. The highest BCUT2D eigenvalue weighted by atomic mass is 35.5. The van der Waals surface area contributed by atoms with Gasteiger partial charge in [0.15, 0.2) is 0 Å². The van der Waals surface area contributed by atoms with Gasteiger partial charge in [-0.05, 0) is 12.8 Å². The van der Waals surface area contributed by atoms with Gasteiger partial charge in [0.25, 0.3) is 5.91 Å². The van der Waals surface area contributed by atoms with Crippen LogP contribution in [0.3, 0.4) is 0 Å². The molecule has 0 spiro atoms. The van der Waals surface area contributed by atoms with Crippen LogP contribution < -0.4 is 10.6 Å². The minimum atomic E-state index is -1.19. The summed E-state index contributed by atoms with van der Waals surface area (Å²) in [5.41, 5.74) is -0.740. The highest BCUT2D eigenvalue weighted by molar-refractivity contribution is 5.94. The van der Waals surface area contributed by atoms with Crippen LogP contribution in [0.4, 0.5) is 13.2 Å². The molecule has 0 saturated heterocycles. The lowest BCUT2D eigenvalue weighted by atomic mass is 10.1. The molecule has 0 unspecified atom stereocenters. The number of rotatable bonds is 5. The third-order valence-electron chi connectivity index (χ3n) is 3.93. The monoisotopic (exact) mass is 350 g/mol. The molecule has 1 aromatic rings. The van der Waals surface area contributed by atoms with E-state index in [1.807, 2.05) is 0 Å². The Kier molecular flexibility index (Phi) is 8.41. The number of hydrogen-bond acceptors (Lipinski definition) is 2. The van der Waals surface area contributed by atoms with Gasteiger partial charge in [-0.1, -0.05) is 25.7 Å². The Labute approximate surface area is 140 Å². The summed E-state index contributed by atoms with van der Waals surface area (Å²) in [6.45, 7) is 0.812. The molecule has 1 aliphatic carbocycles. The standard InChI is InChI=1S/C16H21F3N2O.ClH/c17-11-9-13(18)15(14(19)10-11)16(22)21-8-7-20-12-5-3-1-2-4-6-12;/h9-10,12,20H,1-8H2,(H,21,22);1H. The summed E-state index contributed by atoms with van der Waals surface area (Å²) in [6, 6.07) is 1.45. The second kappa shape index (κ2) is 9.78. The quantitative estimate of drug-likeness (QED) is 0.629. The van der Waals surface area contributed by atoms with E-state index in [4.69, 9.17) is 0 Å². The van der Waals surface area contributed by atoms with Crippen LogP contribution in [-0.4, -0.2) is 25.0 Å². The van der Waals surface area contributed by atoms with Crippen LogP contribution in [0.2, 0.25) is 0 Å². The average Bonchev–Trinajstić information content (AvgIpc) is 2.71. The lowest BCUT2D eigenvalue weighted by Gasteiger charge is -2.16. The van der Waals surface area contributed by atoms with Crippen molar-refractivity contribution in [2.24, 2.45) is 0 Å². The van der Waals surface area contributed by atoms with Crippen LogP contribution in [0.1, 0.15) is 48.9 Å². The van der Waals surface area contributed by atoms with E-state index in [1.165, 1.54) is 25.7 Å². The first-order valence-electron chi connectivity index (χ1n) is 7.74. The first kappa shape index (κ1) is 19.8. The maximum atomic E-state index is 13.5. The van der Waals surface area contributed by atoms with Crippen molar-refractivity contribution in [2.45, 2.75) is 44.6 Å². The summed E-state index contributed by atoms with van der Waals surface area (Å²) in [4.78, 5) is 11.8. The lowest BCUT2D eigenvalue weighted by molar-refractivity contribution is 0.0945. The zero-order chi connectivity index (χ0) is 15.9. The maximum absolute atomic E-state index is 13.5. The second-order valence-electron chi connectivity index (χ2n) is 5.64. The molecule has 2 rings (SSSR count). The van der Waals surface area contributed by atoms with Gasteiger partial charge >= 0.3 is 0 Å². The molecule has 0 heterocycles. The van der Waals surface area contributed by atoms with E-state index in [-0.39, 0.29) is 19.0 Å². The molecule has 130 valence electrons. The molecule has 0 aliphatic heterocycles. The first-order valence-corrected chi connectivity index (χ1v) is 7.74. The van der Waals surface area contributed by atoms with Crippen molar-refractivity contribution >= 4 is 18.3 Å². The summed E-state index contributed by atoms with van der Waals surface area (Å²) in [7, 11) is 0. The van der Waals surface area contributed by atoms with Crippen molar-refractivity contribution in [2.75, 3.05) is 13.1 Å². The summed E-state index contributed by atoms with van der Waals surface area (Å²) in [6.07, 6.45) is 7.17. The van der Waals surface area contributed by atoms with Crippen LogP contribution >= 0.6 is 12.4 Å². The minimum Gasteiger partial charge on any atom is -0.351 e. The molecule has 1 aromatic carbocycles. The van der Waals surface area contributed by atoms with E-state index in [0.29, 0.717) is 24.7 Å². The predicted octanol–water partition coefficient (Wildman–Crippen LogP) is 3.57. The lowest BCUT2D eigenvalue weighted by Crippen LogP contribution is -2.37. The van der Waals surface area contributed by atoms with Gasteiger partial charge in [-0.15, -0.1) is 12.4 Å². The molecular formula is C16H22ClF3N2O. The average molecular weight is 351 g/mol. The molecule has 0 aromatic heterocycles. The van der Waals surface area contributed by atoms with Gasteiger partial charge in [0.2, 0.25) is 0 Å². The SMILES string of the molecule is Cl.O=C(NCCNC1CCCCCC1)c1c(F)cc(F)cc1F. The van der Waals surface area contributed by atoms with Gasteiger partial charge in [0.1, 0.15) is 23.0 Å². The number of benzene rings is 1. The zero-order valence-corrected chi connectivity index (χ0v) is 13.7. The van der Waals surface area contributed by atoms with Crippen LogP contribution in [-0.2, 0) is 0 Å². The molecule has 3 nitrogen and oxygen atoms in total. The number of nitrogens with one attached hydrogen (secondary N) is 2. The fourth-order valence-corrected chi connectivity index (χ4v) is 2.78. The molecule has 1 amide bonds. The van der Waals surface area contributed by atoms with E-state index >= 15 is 0 Å². The number of halogens is 4. The number of amides is 1. The number of carbonyl (C=O) groups excluding carboxylic acids is 1. The van der Waals surface area contributed by atoms with Crippen molar-refractivity contribution in [1.82, 2.24) is 10.6 Å². The van der Waals surface area contributed by atoms with Crippen molar-refractivity contribution in [1.29, 1.82) is 0 Å². The topological polar surface area (TPSA) is 41.1 Å². The van der Waals surface area contributed by atoms with Crippen molar-refractivity contribution in [3.63, 3.8) is 0 Å². The Morgan fingerprint density at radius 3 is 2.13 bits per heavy atom. The highest BCUT2D eigenvalue weighted by Crippen LogP contribution is 2.17. The summed E-state index contributed by atoms with van der Waals surface area (Å²) >= 11 is 0. The molecule has 0 atom stereocenters. The van der Waals surface area contributed by atoms with Crippen molar-refractivity contribution in [3.8, 4) is 0 Å². The van der Waals surface area contributed by atoms with Gasteiger partial charge in [-0.2, -0.15) is 0 Å². The summed E-state index contributed by atoms with van der Waals surface area (Å²) < 4.78 is 39.7. The molecule has 1 fully saturated rings. The van der Waals surface area contributed by atoms with E-state index in [2.05, 4.69) is 10.6 Å². The fourth-order valence-electron chi connectivity index (χ4n) is 2.78. The Morgan fingerprint density at radius 2 is 1.57 bits per heavy atom.